The van der Waals surface area contributed by atoms with E-state index in [-0.39, 0.29) is 28.9 Å². The van der Waals surface area contributed by atoms with E-state index in [9.17, 15) is 9.59 Å². The zero-order chi connectivity index (χ0) is 20.4. The van der Waals surface area contributed by atoms with Crippen LogP contribution < -0.4 is 16.0 Å². The molecule has 3 unspecified atom stereocenters. The highest BCUT2D eigenvalue weighted by Crippen LogP contribution is 2.65. The number of urea groups is 1. The lowest BCUT2D eigenvalue weighted by molar-refractivity contribution is -0.122. The molecule has 0 aromatic rings. The molecule has 3 atom stereocenters. The minimum atomic E-state index is -0.0761. The fourth-order valence-corrected chi connectivity index (χ4v) is 8.53. The quantitative estimate of drug-likeness (QED) is 0.652. The third-order valence-corrected chi connectivity index (χ3v) is 10.2. The van der Waals surface area contributed by atoms with Gasteiger partial charge < -0.3 is 16.0 Å². The largest absolute Gasteiger partial charge is 0.353 e. The fourth-order valence-electron chi connectivity index (χ4n) is 8.53. The summed E-state index contributed by atoms with van der Waals surface area (Å²) in [7, 11) is 0. The zero-order valence-electron chi connectivity index (χ0n) is 18.5. The van der Waals surface area contributed by atoms with E-state index in [1.807, 2.05) is 0 Å². The summed E-state index contributed by atoms with van der Waals surface area (Å²) in [5, 5.41) is 9.59. The Bertz CT molecular complexity index is 667. The fraction of sp³-hybridized carbons (Fsp3) is 0.917. The number of hydrogen-bond donors (Lipinski definition) is 3. The van der Waals surface area contributed by atoms with E-state index in [1.54, 1.807) is 0 Å². The van der Waals surface area contributed by atoms with Gasteiger partial charge >= 0.3 is 6.03 Å². The van der Waals surface area contributed by atoms with Crippen LogP contribution in [0.15, 0.2) is 0 Å². The van der Waals surface area contributed by atoms with Crippen molar-refractivity contribution < 1.29 is 9.59 Å². The van der Waals surface area contributed by atoms with Crippen LogP contribution in [-0.2, 0) is 4.79 Å². The molecule has 3 amide bonds. The molecule has 0 aliphatic heterocycles. The SMILES string of the molecule is CC1(C)C2CCC1(C)C(NC(=O)CCNC(=O)NC13CC4CC(CC(C4)C1)C3)C2. The van der Waals surface area contributed by atoms with Crippen molar-refractivity contribution in [2.24, 2.45) is 34.5 Å². The highest BCUT2D eigenvalue weighted by atomic mass is 16.2. The summed E-state index contributed by atoms with van der Waals surface area (Å²) < 4.78 is 0. The smallest absolute Gasteiger partial charge is 0.315 e. The van der Waals surface area contributed by atoms with Crippen LogP contribution in [0, 0.1) is 34.5 Å². The molecule has 5 nitrogen and oxygen atoms in total. The lowest BCUT2D eigenvalue weighted by atomic mass is 9.53. The van der Waals surface area contributed by atoms with E-state index in [0.717, 1.165) is 49.4 Å². The number of amides is 3. The van der Waals surface area contributed by atoms with Crippen LogP contribution in [0.5, 0.6) is 0 Å². The molecular weight excluding hydrogens is 362 g/mol. The lowest BCUT2D eigenvalue weighted by Gasteiger charge is -2.56. The van der Waals surface area contributed by atoms with E-state index in [2.05, 4.69) is 36.7 Å². The number of carbonyl (C=O) groups excluding carboxylic acids is 2. The molecule has 0 aromatic carbocycles. The Morgan fingerprint density at radius 1 is 0.931 bits per heavy atom. The first kappa shape index (κ1) is 19.7. The van der Waals surface area contributed by atoms with Gasteiger partial charge in [0.15, 0.2) is 0 Å². The van der Waals surface area contributed by atoms with Gasteiger partial charge in [0.2, 0.25) is 5.91 Å². The number of carbonyl (C=O) groups is 2. The predicted octanol–water partition coefficient (Wildman–Crippen LogP) is 3.98. The molecule has 3 N–H and O–H groups in total. The Labute approximate surface area is 175 Å². The number of hydrogen-bond acceptors (Lipinski definition) is 2. The van der Waals surface area contributed by atoms with Crippen LogP contribution in [0.1, 0.15) is 85.0 Å². The molecule has 0 saturated heterocycles. The first-order chi connectivity index (χ1) is 13.7. The van der Waals surface area contributed by atoms with E-state index in [1.165, 1.54) is 32.1 Å². The third-order valence-electron chi connectivity index (χ3n) is 10.2. The summed E-state index contributed by atoms with van der Waals surface area (Å²) in [5.41, 5.74) is 0.544. The number of fused-ring (bicyclic) bond motifs is 2. The summed E-state index contributed by atoms with van der Waals surface area (Å²) in [4.78, 5) is 25.1. The van der Waals surface area contributed by atoms with Crippen molar-refractivity contribution in [3.8, 4) is 0 Å². The molecule has 6 saturated carbocycles. The highest BCUT2D eigenvalue weighted by molar-refractivity contribution is 5.79. The van der Waals surface area contributed by atoms with Gasteiger partial charge in [-0.3, -0.25) is 4.79 Å². The predicted molar refractivity (Wildman–Crippen MR) is 113 cm³/mol. The van der Waals surface area contributed by atoms with Crippen molar-refractivity contribution >= 4 is 11.9 Å². The average molecular weight is 402 g/mol. The Balaban J connectivity index is 1.07. The molecule has 6 aliphatic carbocycles. The van der Waals surface area contributed by atoms with Gasteiger partial charge in [-0.2, -0.15) is 0 Å². The normalized spacial score (nSPS) is 46.0. The lowest BCUT2D eigenvalue weighted by Crippen LogP contribution is -2.61. The summed E-state index contributed by atoms with van der Waals surface area (Å²) in [6, 6.07) is 0.206. The Hall–Kier alpha value is -1.26. The monoisotopic (exact) mass is 401 g/mol. The maximum Gasteiger partial charge on any atom is 0.315 e. The van der Waals surface area contributed by atoms with Crippen molar-refractivity contribution in [1.82, 2.24) is 16.0 Å². The minimum Gasteiger partial charge on any atom is -0.353 e. The second-order valence-corrected chi connectivity index (χ2v) is 12.1. The van der Waals surface area contributed by atoms with Crippen molar-refractivity contribution in [3.05, 3.63) is 0 Å². The molecule has 6 fully saturated rings. The van der Waals surface area contributed by atoms with Gasteiger partial charge in [0, 0.05) is 24.5 Å². The first-order valence-electron chi connectivity index (χ1n) is 12.0. The molecule has 0 aromatic heterocycles. The maximum atomic E-state index is 12.5. The average Bonchev–Trinajstić information content (AvgIpc) is 2.93. The molecular formula is C24H39N3O2. The molecule has 6 rings (SSSR count). The molecule has 6 bridgehead atoms. The van der Waals surface area contributed by atoms with Crippen LogP contribution in [0.25, 0.3) is 0 Å². The molecule has 0 radical (unpaired) electrons. The minimum absolute atomic E-state index is 0.0321. The second kappa shape index (κ2) is 6.62. The van der Waals surface area contributed by atoms with Crippen molar-refractivity contribution in [2.75, 3.05) is 6.54 Å². The summed E-state index contributed by atoms with van der Waals surface area (Å²) >= 11 is 0. The molecule has 0 heterocycles. The molecule has 0 spiro atoms. The first-order valence-corrected chi connectivity index (χ1v) is 12.0. The second-order valence-electron chi connectivity index (χ2n) is 12.1. The Morgan fingerprint density at radius 2 is 1.55 bits per heavy atom. The summed E-state index contributed by atoms with van der Waals surface area (Å²) in [6.07, 6.45) is 11.6. The molecule has 5 heteroatoms. The van der Waals surface area contributed by atoms with Crippen LogP contribution in [0.4, 0.5) is 4.79 Å². The van der Waals surface area contributed by atoms with Gasteiger partial charge in [-0.1, -0.05) is 20.8 Å². The third kappa shape index (κ3) is 3.18. The Kier molecular flexibility index (Phi) is 4.49. The van der Waals surface area contributed by atoms with Gasteiger partial charge in [-0.25, -0.2) is 4.79 Å². The highest BCUT2D eigenvalue weighted by Gasteiger charge is 2.61. The van der Waals surface area contributed by atoms with Crippen molar-refractivity contribution in [1.29, 1.82) is 0 Å². The van der Waals surface area contributed by atoms with Gasteiger partial charge in [0.1, 0.15) is 0 Å². The van der Waals surface area contributed by atoms with E-state index in [0.29, 0.717) is 18.4 Å². The van der Waals surface area contributed by atoms with Crippen LogP contribution >= 0.6 is 0 Å². The van der Waals surface area contributed by atoms with Crippen molar-refractivity contribution in [3.63, 3.8) is 0 Å². The van der Waals surface area contributed by atoms with Crippen LogP contribution in [0.2, 0.25) is 0 Å². The maximum absolute atomic E-state index is 12.5. The summed E-state index contributed by atoms with van der Waals surface area (Å²) in [6.45, 7) is 7.50. The Morgan fingerprint density at radius 3 is 2.07 bits per heavy atom. The standard InChI is InChI=1S/C24H39N3O2/c1-22(2)18-4-6-23(22,3)19(11-18)26-20(28)5-7-25-21(29)27-24-12-15-8-16(13-24)10-17(9-15)14-24/h15-19H,4-14H2,1-3H3,(H,26,28)(H2,25,27,29). The zero-order valence-corrected chi connectivity index (χ0v) is 18.5. The van der Waals surface area contributed by atoms with E-state index in [4.69, 9.17) is 0 Å². The van der Waals surface area contributed by atoms with Gasteiger partial charge in [0.05, 0.1) is 0 Å². The van der Waals surface area contributed by atoms with Gasteiger partial charge in [0.25, 0.3) is 0 Å². The summed E-state index contributed by atoms with van der Waals surface area (Å²) in [5.74, 6) is 3.26. The van der Waals surface area contributed by atoms with Crippen LogP contribution in [-0.4, -0.2) is 30.1 Å². The molecule has 162 valence electrons. The topological polar surface area (TPSA) is 70.2 Å². The number of rotatable bonds is 5. The van der Waals surface area contributed by atoms with E-state index < -0.39 is 0 Å². The van der Waals surface area contributed by atoms with Gasteiger partial charge in [-0.15, -0.1) is 0 Å². The van der Waals surface area contributed by atoms with Crippen molar-refractivity contribution in [2.45, 2.75) is 96.6 Å². The van der Waals surface area contributed by atoms with Crippen LogP contribution in [0.3, 0.4) is 0 Å². The van der Waals surface area contributed by atoms with Gasteiger partial charge in [-0.05, 0) is 92.3 Å². The number of nitrogens with one attached hydrogen (secondary N) is 3. The molecule has 29 heavy (non-hydrogen) atoms. The van der Waals surface area contributed by atoms with E-state index >= 15 is 0 Å². The molecule has 6 aliphatic rings.